The Morgan fingerprint density at radius 2 is 2.13 bits per heavy atom. The summed E-state index contributed by atoms with van der Waals surface area (Å²) in [4.78, 5) is 31.3. The first-order valence-electron chi connectivity index (χ1n) is 7.51. The zero-order valence-corrected chi connectivity index (χ0v) is 14.3. The van der Waals surface area contributed by atoms with Crippen LogP contribution >= 0.6 is 12.4 Å². The molecule has 0 saturated carbocycles. The first-order valence-corrected chi connectivity index (χ1v) is 7.51. The molecule has 1 fully saturated rings. The molecule has 1 saturated heterocycles. The molecule has 1 N–H and O–H groups in total. The first kappa shape index (κ1) is 17.4. The molecule has 0 radical (unpaired) electrons. The van der Waals surface area contributed by atoms with Gasteiger partial charge in [0.15, 0.2) is 0 Å². The summed E-state index contributed by atoms with van der Waals surface area (Å²) in [6.45, 7) is 7.30. The normalized spacial score (nSPS) is 21.1. The van der Waals surface area contributed by atoms with Gasteiger partial charge in [-0.2, -0.15) is 0 Å². The van der Waals surface area contributed by atoms with E-state index < -0.39 is 0 Å². The van der Waals surface area contributed by atoms with Crippen LogP contribution in [-0.4, -0.2) is 45.4 Å². The second-order valence-electron chi connectivity index (χ2n) is 5.89. The van der Waals surface area contributed by atoms with E-state index in [1.165, 1.54) is 10.6 Å². The second kappa shape index (κ2) is 6.68. The number of nitrogens with one attached hydrogen (secondary N) is 1. The Labute approximate surface area is 140 Å². The van der Waals surface area contributed by atoms with Crippen LogP contribution in [0.4, 0.5) is 0 Å². The van der Waals surface area contributed by atoms with Crippen molar-refractivity contribution in [2.24, 2.45) is 0 Å². The zero-order chi connectivity index (χ0) is 15.9. The lowest BCUT2D eigenvalue weighted by Gasteiger charge is -2.38. The molecule has 1 aliphatic rings. The predicted octanol–water partition coefficient (Wildman–Crippen LogP) is 1.25. The van der Waals surface area contributed by atoms with E-state index in [-0.39, 0.29) is 41.5 Å². The lowest BCUT2D eigenvalue weighted by molar-refractivity contribution is 0.0600. The van der Waals surface area contributed by atoms with Gasteiger partial charge in [0, 0.05) is 37.6 Å². The molecule has 1 amide bonds. The zero-order valence-electron chi connectivity index (χ0n) is 13.4. The fourth-order valence-corrected chi connectivity index (χ4v) is 2.82. The largest absolute Gasteiger partial charge is 0.333 e. The molecule has 3 heterocycles. The van der Waals surface area contributed by atoms with E-state index in [4.69, 9.17) is 0 Å². The highest BCUT2D eigenvalue weighted by molar-refractivity contribution is 5.94. The summed E-state index contributed by atoms with van der Waals surface area (Å²) in [5.74, 6) is -0.242. The topological polar surface area (TPSA) is 66.7 Å². The number of fused-ring (bicyclic) bond motifs is 1. The van der Waals surface area contributed by atoms with Gasteiger partial charge in [0.2, 0.25) is 0 Å². The minimum atomic E-state index is -0.312. The van der Waals surface area contributed by atoms with Gasteiger partial charge in [0.25, 0.3) is 11.5 Å². The molecule has 124 valence electrons. The van der Waals surface area contributed by atoms with Gasteiger partial charge < -0.3 is 10.2 Å². The van der Waals surface area contributed by atoms with Gasteiger partial charge in [-0.25, -0.2) is 4.98 Å². The molecule has 3 rings (SSSR count). The Balaban J connectivity index is 0.00000192. The number of hydrogen-bond donors (Lipinski definition) is 1. The molecule has 2 aromatic rings. The molecule has 0 aliphatic carbocycles. The van der Waals surface area contributed by atoms with Crippen LogP contribution in [0, 0.1) is 6.92 Å². The number of carbonyl (C=O) groups is 1. The minimum Gasteiger partial charge on any atom is -0.333 e. The van der Waals surface area contributed by atoms with Crippen LogP contribution in [0.5, 0.6) is 0 Å². The monoisotopic (exact) mass is 336 g/mol. The highest BCUT2D eigenvalue weighted by Gasteiger charge is 2.30. The van der Waals surface area contributed by atoms with Crippen LogP contribution < -0.4 is 10.9 Å². The third kappa shape index (κ3) is 3.09. The maximum absolute atomic E-state index is 12.7. The maximum atomic E-state index is 12.7. The molecule has 0 spiro atoms. The first-order chi connectivity index (χ1) is 10.5. The molecule has 0 bridgehead atoms. The Kier molecular flexibility index (Phi) is 5.06. The maximum Gasteiger partial charge on any atom is 0.270 e. The van der Waals surface area contributed by atoms with E-state index >= 15 is 0 Å². The number of amides is 1. The standard InChI is InChI=1S/C16H20N4O2.ClH/c1-10-4-6-20-14(8-10)18-9-13(16(20)22)15(21)19-7-5-17-11(2)12(19)3;/h4,6,8-9,11-12,17H,5,7H2,1-3H3;1H. The van der Waals surface area contributed by atoms with Gasteiger partial charge in [0.05, 0.1) is 0 Å². The highest BCUT2D eigenvalue weighted by atomic mass is 35.5. The fourth-order valence-electron chi connectivity index (χ4n) is 2.82. The number of aromatic nitrogens is 2. The molecule has 2 atom stereocenters. The summed E-state index contributed by atoms with van der Waals surface area (Å²) in [7, 11) is 0. The molecule has 1 aliphatic heterocycles. The predicted molar refractivity (Wildman–Crippen MR) is 91.4 cm³/mol. The van der Waals surface area contributed by atoms with Crippen molar-refractivity contribution in [3.63, 3.8) is 0 Å². The van der Waals surface area contributed by atoms with Crippen LogP contribution in [0.25, 0.3) is 5.65 Å². The molecule has 2 aromatic heterocycles. The van der Waals surface area contributed by atoms with Crippen LogP contribution in [0.2, 0.25) is 0 Å². The molecular formula is C16H21ClN4O2. The van der Waals surface area contributed by atoms with Gasteiger partial charge in [-0.15, -0.1) is 12.4 Å². The average Bonchev–Trinajstić information content (AvgIpc) is 2.49. The highest BCUT2D eigenvalue weighted by Crippen LogP contribution is 2.12. The molecule has 23 heavy (non-hydrogen) atoms. The Morgan fingerprint density at radius 1 is 1.39 bits per heavy atom. The molecule has 2 unspecified atom stereocenters. The van der Waals surface area contributed by atoms with Crippen molar-refractivity contribution >= 4 is 24.0 Å². The van der Waals surface area contributed by atoms with Crippen molar-refractivity contribution in [3.05, 3.63) is 46.0 Å². The summed E-state index contributed by atoms with van der Waals surface area (Å²) >= 11 is 0. The van der Waals surface area contributed by atoms with Crippen LogP contribution in [0.1, 0.15) is 29.8 Å². The average molecular weight is 337 g/mol. The van der Waals surface area contributed by atoms with E-state index in [9.17, 15) is 9.59 Å². The lowest BCUT2D eigenvalue weighted by Crippen LogP contribution is -2.57. The summed E-state index contributed by atoms with van der Waals surface area (Å²) < 4.78 is 1.43. The number of nitrogens with zero attached hydrogens (tertiary/aromatic N) is 3. The fraction of sp³-hybridized carbons (Fsp3) is 0.438. The summed E-state index contributed by atoms with van der Waals surface area (Å²) in [6, 6.07) is 3.90. The minimum absolute atomic E-state index is 0. The van der Waals surface area contributed by atoms with Crippen molar-refractivity contribution in [1.29, 1.82) is 0 Å². The Bertz CT molecular complexity index is 789. The van der Waals surface area contributed by atoms with Crippen molar-refractivity contribution < 1.29 is 4.79 Å². The van der Waals surface area contributed by atoms with Gasteiger partial charge in [-0.3, -0.25) is 14.0 Å². The number of rotatable bonds is 1. The van der Waals surface area contributed by atoms with Gasteiger partial charge >= 0.3 is 0 Å². The third-order valence-electron chi connectivity index (χ3n) is 4.39. The van der Waals surface area contributed by atoms with E-state index in [2.05, 4.69) is 10.3 Å². The number of carbonyl (C=O) groups excluding carboxylic acids is 1. The number of hydrogen-bond acceptors (Lipinski definition) is 4. The summed E-state index contributed by atoms with van der Waals surface area (Å²) in [5, 5.41) is 3.33. The molecular weight excluding hydrogens is 316 g/mol. The van der Waals surface area contributed by atoms with Crippen LogP contribution in [0.3, 0.4) is 0 Å². The van der Waals surface area contributed by atoms with Crippen LogP contribution in [-0.2, 0) is 0 Å². The second-order valence-corrected chi connectivity index (χ2v) is 5.89. The number of pyridine rings is 1. The number of aryl methyl sites for hydroxylation is 1. The molecule has 7 heteroatoms. The summed E-state index contributed by atoms with van der Waals surface area (Å²) in [6.07, 6.45) is 3.07. The van der Waals surface area contributed by atoms with E-state index in [1.54, 1.807) is 11.1 Å². The number of halogens is 1. The van der Waals surface area contributed by atoms with Crippen molar-refractivity contribution in [1.82, 2.24) is 19.6 Å². The lowest BCUT2D eigenvalue weighted by atomic mass is 10.1. The SMILES string of the molecule is Cc1ccn2c(=O)c(C(=O)N3CCNC(C)C3C)cnc2c1.Cl. The quantitative estimate of drug-likeness (QED) is 0.851. The van der Waals surface area contributed by atoms with Gasteiger partial charge in [-0.1, -0.05) is 0 Å². The van der Waals surface area contributed by atoms with E-state index in [0.717, 1.165) is 12.1 Å². The van der Waals surface area contributed by atoms with Gasteiger partial charge in [-0.05, 0) is 38.5 Å². The smallest absolute Gasteiger partial charge is 0.270 e. The van der Waals surface area contributed by atoms with Gasteiger partial charge in [0.1, 0.15) is 11.2 Å². The number of piperazine rings is 1. The van der Waals surface area contributed by atoms with E-state index in [1.807, 2.05) is 32.9 Å². The Morgan fingerprint density at radius 3 is 2.87 bits per heavy atom. The van der Waals surface area contributed by atoms with Crippen molar-refractivity contribution in [3.8, 4) is 0 Å². The molecule has 6 nitrogen and oxygen atoms in total. The Hall–Kier alpha value is -1.92. The van der Waals surface area contributed by atoms with Crippen molar-refractivity contribution in [2.45, 2.75) is 32.9 Å². The molecule has 0 aromatic carbocycles. The van der Waals surface area contributed by atoms with E-state index in [0.29, 0.717) is 12.2 Å². The van der Waals surface area contributed by atoms with Crippen molar-refractivity contribution in [2.75, 3.05) is 13.1 Å². The summed E-state index contributed by atoms with van der Waals surface area (Å²) in [5.41, 5.74) is 1.40. The van der Waals surface area contributed by atoms with Crippen LogP contribution in [0.15, 0.2) is 29.3 Å². The third-order valence-corrected chi connectivity index (χ3v) is 4.39.